The minimum absolute atomic E-state index is 0.167. The number of Topliss-reactive ketones (excluding diaryl/α,β-unsaturated/α-hetero) is 1. The second-order valence-corrected chi connectivity index (χ2v) is 2.13. The highest BCUT2D eigenvalue weighted by atomic mass is 32.2. The molecule has 0 aliphatic heterocycles. The van der Waals surface area contributed by atoms with Crippen LogP contribution >= 0.6 is 11.8 Å². The molecule has 0 unspecified atom stereocenters. The summed E-state index contributed by atoms with van der Waals surface area (Å²) >= 11 is 1.75. The second kappa shape index (κ2) is 9.39. The quantitative estimate of drug-likeness (QED) is 0.482. The average molecular weight is 120 g/mol. The molecule has 0 aliphatic rings. The fourth-order valence-electron chi connectivity index (χ4n) is 0. The monoisotopic (exact) mass is 120 g/mol. The van der Waals surface area contributed by atoms with Gasteiger partial charge in [-0.25, -0.2) is 0 Å². The van der Waals surface area contributed by atoms with Gasteiger partial charge in [-0.1, -0.05) is 0 Å². The molecule has 0 saturated heterocycles. The van der Waals surface area contributed by atoms with E-state index < -0.39 is 0 Å². The van der Waals surface area contributed by atoms with Gasteiger partial charge in [0, 0.05) is 0 Å². The van der Waals surface area contributed by atoms with Crippen molar-refractivity contribution in [1.29, 1.82) is 0 Å². The van der Waals surface area contributed by atoms with Gasteiger partial charge in [0.05, 0.1) is 0 Å². The van der Waals surface area contributed by atoms with Crippen LogP contribution in [0.2, 0.25) is 0 Å². The van der Waals surface area contributed by atoms with Gasteiger partial charge in [-0.3, -0.25) is 0 Å². The summed E-state index contributed by atoms with van der Waals surface area (Å²) in [5.41, 5.74) is 0. The van der Waals surface area contributed by atoms with Crippen LogP contribution in [0.4, 0.5) is 0 Å². The molecule has 2 heteroatoms. The Kier molecular flexibility index (Phi) is 13.5. The van der Waals surface area contributed by atoms with Gasteiger partial charge in [-0.2, -0.15) is 11.8 Å². The van der Waals surface area contributed by atoms with Crippen molar-refractivity contribution in [1.82, 2.24) is 0 Å². The number of hydrogen-bond donors (Lipinski definition) is 0. The molecule has 0 amide bonds. The van der Waals surface area contributed by atoms with Crippen LogP contribution in [0.5, 0.6) is 0 Å². The van der Waals surface area contributed by atoms with E-state index in [0.717, 1.165) is 0 Å². The summed E-state index contributed by atoms with van der Waals surface area (Å²) in [4.78, 5) is 9.44. The molecular formula is C5H12OS. The summed E-state index contributed by atoms with van der Waals surface area (Å²) in [5.74, 6) is 0.167. The predicted molar refractivity (Wildman–Crippen MR) is 35.8 cm³/mol. The molecule has 0 radical (unpaired) electrons. The van der Waals surface area contributed by atoms with Crippen LogP contribution in [0.3, 0.4) is 0 Å². The van der Waals surface area contributed by atoms with Crippen LogP contribution in [-0.2, 0) is 4.79 Å². The number of ketones is 1. The van der Waals surface area contributed by atoms with E-state index in [-0.39, 0.29) is 5.78 Å². The van der Waals surface area contributed by atoms with Crippen molar-refractivity contribution in [3.05, 3.63) is 0 Å². The molecule has 0 aliphatic carbocycles. The first-order chi connectivity index (χ1) is 3.15. The first-order valence-corrected chi connectivity index (χ1v) is 3.65. The van der Waals surface area contributed by atoms with Crippen molar-refractivity contribution in [2.75, 3.05) is 12.5 Å². The minimum atomic E-state index is 0.167. The topological polar surface area (TPSA) is 17.1 Å². The average Bonchev–Trinajstić information content (AvgIpc) is 1.33. The SMILES string of the molecule is CC(C)=O.CSC. The largest absolute Gasteiger partial charge is 0.300 e. The van der Waals surface area contributed by atoms with Crippen LogP contribution in [0.25, 0.3) is 0 Å². The molecule has 0 spiro atoms. The predicted octanol–water partition coefficient (Wildman–Crippen LogP) is 1.57. The summed E-state index contributed by atoms with van der Waals surface area (Å²) in [5, 5.41) is 0. The van der Waals surface area contributed by atoms with Crippen LogP contribution in [0.1, 0.15) is 13.8 Å². The van der Waals surface area contributed by atoms with Crippen LogP contribution in [0, 0.1) is 0 Å². The van der Waals surface area contributed by atoms with Crippen molar-refractivity contribution < 1.29 is 4.79 Å². The molecule has 0 heterocycles. The van der Waals surface area contributed by atoms with E-state index in [0.29, 0.717) is 0 Å². The molecule has 0 N–H and O–H groups in total. The summed E-state index contributed by atoms with van der Waals surface area (Å²) < 4.78 is 0. The van der Waals surface area contributed by atoms with E-state index >= 15 is 0 Å². The zero-order valence-corrected chi connectivity index (χ0v) is 6.13. The van der Waals surface area contributed by atoms with Gasteiger partial charge in [0.15, 0.2) is 0 Å². The molecule has 1 nitrogen and oxygen atoms in total. The van der Waals surface area contributed by atoms with E-state index in [1.807, 2.05) is 12.5 Å². The molecule has 0 atom stereocenters. The normalized spacial score (nSPS) is 6.29. The summed E-state index contributed by atoms with van der Waals surface area (Å²) in [6.07, 6.45) is 4.08. The Morgan fingerprint density at radius 3 is 1.29 bits per heavy atom. The first-order valence-electron chi connectivity index (χ1n) is 2.02. The standard InChI is InChI=1S/C3H6O.C2H6S/c1-3(2)4;1-3-2/h1-2H3;1-2H3. The maximum Gasteiger partial charge on any atom is 0.126 e. The van der Waals surface area contributed by atoms with Gasteiger partial charge in [-0.05, 0) is 26.4 Å². The smallest absolute Gasteiger partial charge is 0.126 e. The highest BCUT2D eigenvalue weighted by Crippen LogP contribution is 1.70. The Labute approximate surface area is 49.5 Å². The molecule has 7 heavy (non-hydrogen) atoms. The van der Waals surface area contributed by atoms with E-state index in [4.69, 9.17) is 0 Å². The second-order valence-electron chi connectivity index (χ2n) is 1.32. The van der Waals surface area contributed by atoms with E-state index in [1.54, 1.807) is 11.8 Å². The molecule has 0 bridgehead atoms. The van der Waals surface area contributed by atoms with Crippen LogP contribution in [-0.4, -0.2) is 18.3 Å². The number of carbonyl (C=O) groups is 1. The zero-order valence-electron chi connectivity index (χ0n) is 5.32. The number of thioether (sulfide) groups is 1. The molecular weight excluding hydrogens is 108 g/mol. The van der Waals surface area contributed by atoms with Gasteiger partial charge >= 0.3 is 0 Å². The van der Waals surface area contributed by atoms with E-state index in [2.05, 4.69) is 0 Å². The first kappa shape index (κ1) is 10.1. The fraction of sp³-hybridized carbons (Fsp3) is 0.800. The zero-order chi connectivity index (χ0) is 6.28. The lowest BCUT2D eigenvalue weighted by Crippen LogP contribution is -1.69. The highest BCUT2D eigenvalue weighted by molar-refractivity contribution is 7.97. The third-order valence-electron chi connectivity index (χ3n) is 0. The van der Waals surface area contributed by atoms with Crippen molar-refractivity contribution in [2.45, 2.75) is 13.8 Å². The summed E-state index contributed by atoms with van der Waals surface area (Å²) in [6.45, 7) is 3.06. The lowest BCUT2D eigenvalue weighted by molar-refractivity contribution is -0.114. The number of carbonyl (C=O) groups excluding carboxylic acids is 1. The van der Waals surface area contributed by atoms with Gasteiger partial charge in [0.1, 0.15) is 5.78 Å². The van der Waals surface area contributed by atoms with Crippen LogP contribution in [0.15, 0.2) is 0 Å². The Balaban J connectivity index is 0. The lowest BCUT2D eigenvalue weighted by atomic mass is 10.6. The minimum Gasteiger partial charge on any atom is -0.300 e. The van der Waals surface area contributed by atoms with Gasteiger partial charge < -0.3 is 4.79 Å². The third-order valence-corrected chi connectivity index (χ3v) is 0. The highest BCUT2D eigenvalue weighted by Gasteiger charge is 1.62. The maximum absolute atomic E-state index is 9.44. The summed E-state index contributed by atoms with van der Waals surface area (Å²) in [6, 6.07) is 0. The van der Waals surface area contributed by atoms with Crippen LogP contribution < -0.4 is 0 Å². The Morgan fingerprint density at radius 1 is 1.29 bits per heavy atom. The molecule has 0 aromatic rings. The van der Waals surface area contributed by atoms with E-state index in [1.165, 1.54) is 13.8 Å². The van der Waals surface area contributed by atoms with Gasteiger partial charge in [-0.15, -0.1) is 0 Å². The molecule has 44 valence electrons. The maximum atomic E-state index is 9.44. The van der Waals surface area contributed by atoms with Crippen molar-refractivity contribution in [3.63, 3.8) is 0 Å². The molecule has 0 fully saturated rings. The van der Waals surface area contributed by atoms with Crippen molar-refractivity contribution in [2.24, 2.45) is 0 Å². The fourth-order valence-corrected chi connectivity index (χ4v) is 0. The molecule has 0 aromatic carbocycles. The van der Waals surface area contributed by atoms with E-state index in [9.17, 15) is 4.79 Å². The molecule has 0 aromatic heterocycles. The Bertz CT molecular complexity index is 39.3. The lowest BCUT2D eigenvalue weighted by Gasteiger charge is -1.56. The van der Waals surface area contributed by atoms with Gasteiger partial charge in [0.25, 0.3) is 0 Å². The Hall–Kier alpha value is 0.0200. The number of rotatable bonds is 0. The molecule has 0 saturated carbocycles. The van der Waals surface area contributed by atoms with Crippen molar-refractivity contribution in [3.8, 4) is 0 Å². The summed E-state index contributed by atoms with van der Waals surface area (Å²) in [7, 11) is 0. The third kappa shape index (κ3) is 243000. The Morgan fingerprint density at radius 2 is 1.29 bits per heavy atom. The molecule has 0 rings (SSSR count). The van der Waals surface area contributed by atoms with Crippen molar-refractivity contribution >= 4 is 17.5 Å². The van der Waals surface area contributed by atoms with Gasteiger partial charge in [0.2, 0.25) is 0 Å². The number of hydrogen-bond acceptors (Lipinski definition) is 2.